The molecule has 0 spiro atoms. The molecule has 0 saturated heterocycles. The second-order valence-electron chi connectivity index (χ2n) is 6.22. The Bertz CT molecular complexity index is 1120. The van der Waals surface area contributed by atoms with Crippen molar-refractivity contribution in [1.29, 1.82) is 0 Å². The van der Waals surface area contributed by atoms with E-state index in [1.54, 1.807) is 13.2 Å². The zero-order chi connectivity index (χ0) is 21.6. The van der Waals surface area contributed by atoms with Crippen molar-refractivity contribution in [2.45, 2.75) is 28.9 Å². The second-order valence-corrected chi connectivity index (χ2v) is 9.36. The number of methoxy groups -OCH3 is 1. The number of nitrogens with zero attached hydrogens (tertiary/aromatic N) is 3. The second kappa shape index (κ2) is 10.1. The molecule has 10 heteroatoms. The van der Waals surface area contributed by atoms with Gasteiger partial charge < -0.3 is 9.30 Å². The quantitative estimate of drug-likeness (QED) is 0.362. The molecule has 1 N–H and O–H groups in total. The Hall–Kier alpha value is -2.33. The number of sulfonamides is 1. The lowest BCUT2D eigenvalue weighted by atomic mass is 10.2. The van der Waals surface area contributed by atoms with Crippen LogP contribution >= 0.6 is 23.4 Å². The molecule has 0 saturated carbocycles. The van der Waals surface area contributed by atoms with Crippen LogP contribution in [0.25, 0.3) is 0 Å². The topological polar surface area (TPSA) is 86.1 Å². The molecule has 3 aromatic rings. The van der Waals surface area contributed by atoms with Crippen LogP contribution in [0.4, 0.5) is 0 Å². The van der Waals surface area contributed by atoms with E-state index in [0.29, 0.717) is 28.3 Å². The Morgan fingerprint density at radius 1 is 1.23 bits per heavy atom. The Balaban J connectivity index is 1.72. The lowest BCUT2D eigenvalue weighted by molar-refractivity contribution is 0.414. The summed E-state index contributed by atoms with van der Waals surface area (Å²) in [5.41, 5.74) is 1.08. The van der Waals surface area contributed by atoms with Gasteiger partial charge in [-0.15, -0.1) is 16.8 Å². The van der Waals surface area contributed by atoms with Crippen molar-refractivity contribution in [1.82, 2.24) is 19.5 Å². The van der Waals surface area contributed by atoms with Gasteiger partial charge in [0.05, 0.1) is 18.6 Å². The third kappa shape index (κ3) is 5.63. The normalized spacial score (nSPS) is 11.4. The molecule has 0 aliphatic carbocycles. The Morgan fingerprint density at radius 3 is 2.70 bits per heavy atom. The van der Waals surface area contributed by atoms with E-state index in [9.17, 15) is 8.42 Å². The predicted octanol–water partition coefficient (Wildman–Crippen LogP) is 3.90. The molecule has 3 rings (SSSR count). The first kappa shape index (κ1) is 22.4. The minimum absolute atomic E-state index is 0.00548. The van der Waals surface area contributed by atoms with Gasteiger partial charge in [-0.3, -0.25) is 0 Å². The molecule has 0 atom stereocenters. The van der Waals surface area contributed by atoms with Gasteiger partial charge in [0, 0.05) is 17.3 Å². The lowest BCUT2D eigenvalue weighted by Gasteiger charge is -2.10. The molecule has 30 heavy (non-hydrogen) atoms. The zero-order valence-corrected chi connectivity index (χ0v) is 18.7. The highest BCUT2D eigenvalue weighted by atomic mass is 35.5. The molecular weight excluding hydrogens is 444 g/mol. The van der Waals surface area contributed by atoms with Crippen LogP contribution in [0.15, 0.2) is 71.2 Å². The van der Waals surface area contributed by atoms with Gasteiger partial charge in [0.25, 0.3) is 0 Å². The molecule has 2 aromatic carbocycles. The average molecular weight is 465 g/mol. The van der Waals surface area contributed by atoms with Gasteiger partial charge in [-0.2, -0.15) is 0 Å². The fourth-order valence-corrected chi connectivity index (χ4v) is 4.65. The summed E-state index contributed by atoms with van der Waals surface area (Å²) >= 11 is 7.33. The summed E-state index contributed by atoms with van der Waals surface area (Å²) in [6.45, 7) is 4.24. The van der Waals surface area contributed by atoms with Crippen molar-refractivity contribution in [3.63, 3.8) is 0 Å². The Kier molecular flexibility index (Phi) is 7.54. The van der Waals surface area contributed by atoms with Crippen LogP contribution in [0.3, 0.4) is 0 Å². The number of allylic oxidation sites excluding steroid dienone is 1. The van der Waals surface area contributed by atoms with Crippen molar-refractivity contribution in [3.05, 3.63) is 77.6 Å². The fourth-order valence-electron chi connectivity index (χ4n) is 2.64. The molecule has 1 heterocycles. The van der Waals surface area contributed by atoms with Crippen LogP contribution in [0.5, 0.6) is 5.75 Å². The SMILES string of the molecule is C=CCn1c(CNS(=O)(=O)c2ccc(Cl)cc2)nnc1SCc1cccc(OC)c1. The average Bonchev–Trinajstić information content (AvgIpc) is 3.13. The van der Waals surface area contributed by atoms with E-state index >= 15 is 0 Å². The van der Waals surface area contributed by atoms with Gasteiger partial charge in [0.1, 0.15) is 11.6 Å². The van der Waals surface area contributed by atoms with Crippen molar-refractivity contribution < 1.29 is 13.2 Å². The number of aromatic nitrogens is 3. The fraction of sp³-hybridized carbons (Fsp3) is 0.200. The summed E-state index contributed by atoms with van der Waals surface area (Å²) < 4.78 is 34.7. The van der Waals surface area contributed by atoms with Crippen molar-refractivity contribution in [2.24, 2.45) is 0 Å². The van der Waals surface area contributed by atoms with E-state index in [1.165, 1.54) is 36.0 Å². The number of hydrogen-bond acceptors (Lipinski definition) is 6. The Morgan fingerprint density at radius 2 is 2.00 bits per heavy atom. The van der Waals surface area contributed by atoms with E-state index in [1.807, 2.05) is 28.8 Å². The molecule has 0 aliphatic heterocycles. The maximum atomic E-state index is 12.5. The number of nitrogens with one attached hydrogen (secondary N) is 1. The number of rotatable bonds is 10. The minimum atomic E-state index is -3.70. The monoisotopic (exact) mass is 464 g/mol. The van der Waals surface area contributed by atoms with Gasteiger partial charge in [-0.1, -0.05) is 41.6 Å². The standard InChI is InChI=1S/C20H21ClN4O3S2/c1-3-11-25-19(13-22-30(26,27)18-9-7-16(21)8-10-18)23-24-20(25)29-14-15-5-4-6-17(12-15)28-2/h3-10,12,22H,1,11,13-14H2,2H3. The van der Waals surface area contributed by atoms with E-state index in [4.69, 9.17) is 16.3 Å². The summed E-state index contributed by atoms with van der Waals surface area (Å²) in [5.74, 6) is 1.96. The first-order valence-electron chi connectivity index (χ1n) is 8.97. The number of halogens is 1. The molecule has 158 valence electrons. The van der Waals surface area contributed by atoms with Crippen molar-refractivity contribution in [3.8, 4) is 5.75 Å². The predicted molar refractivity (Wildman–Crippen MR) is 118 cm³/mol. The van der Waals surface area contributed by atoms with E-state index in [-0.39, 0.29) is 11.4 Å². The maximum absolute atomic E-state index is 12.5. The lowest BCUT2D eigenvalue weighted by Crippen LogP contribution is -2.25. The van der Waals surface area contributed by atoms with Crippen LogP contribution in [-0.2, 0) is 28.9 Å². The van der Waals surface area contributed by atoms with Crippen LogP contribution in [0.2, 0.25) is 5.02 Å². The molecule has 0 amide bonds. The third-order valence-electron chi connectivity index (χ3n) is 4.15. The smallest absolute Gasteiger partial charge is 0.240 e. The van der Waals surface area contributed by atoms with Gasteiger partial charge in [-0.25, -0.2) is 13.1 Å². The van der Waals surface area contributed by atoms with Gasteiger partial charge in [0.2, 0.25) is 10.0 Å². The van der Waals surface area contributed by atoms with E-state index in [2.05, 4.69) is 21.5 Å². The van der Waals surface area contributed by atoms with Gasteiger partial charge >= 0.3 is 0 Å². The van der Waals surface area contributed by atoms with Crippen molar-refractivity contribution >= 4 is 33.4 Å². The van der Waals surface area contributed by atoms with Crippen LogP contribution in [0, 0.1) is 0 Å². The highest BCUT2D eigenvalue weighted by Crippen LogP contribution is 2.24. The van der Waals surface area contributed by atoms with Gasteiger partial charge in [-0.05, 0) is 42.0 Å². The number of benzene rings is 2. The molecule has 0 aliphatic rings. The summed E-state index contributed by atoms with van der Waals surface area (Å²) in [7, 11) is -2.07. The number of thioether (sulfide) groups is 1. The summed E-state index contributed by atoms with van der Waals surface area (Å²) in [6, 6.07) is 13.8. The summed E-state index contributed by atoms with van der Waals surface area (Å²) in [6.07, 6.45) is 1.72. The van der Waals surface area contributed by atoms with Crippen molar-refractivity contribution in [2.75, 3.05) is 7.11 Å². The Labute approximate surface area is 185 Å². The summed E-state index contributed by atoms with van der Waals surface area (Å²) in [5, 5.41) is 9.53. The molecular formula is C20H21ClN4O3S2. The molecule has 0 radical (unpaired) electrons. The van der Waals surface area contributed by atoms with E-state index < -0.39 is 10.0 Å². The number of hydrogen-bond donors (Lipinski definition) is 1. The van der Waals surface area contributed by atoms with Crippen LogP contribution < -0.4 is 9.46 Å². The minimum Gasteiger partial charge on any atom is -0.497 e. The highest BCUT2D eigenvalue weighted by molar-refractivity contribution is 7.98. The third-order valence-corrected chi connectivity index (χ3v) is 6.86. The molecule has 1 aromatic heterocycles. The molecule has 7 nitrogen and oxygen atoms in total. The zero-order valence-electron chi connectivity index (χ0n) is 16.3. The highest BCUT2D eigenvalue weighted by Gasteiger charge is 2.17. The van der Waals surface area contributed by atoms with Gasteiger partial charge in [0.15, 0.2) is 5.16 Å². The largest absolute Gasteiger partial charge is 0.497 e. The van der Waals surface area contributed by atoms with Crippen LogP contribution in [0.1, 0.15) is 11.4 Å². The first-order valence-corrected chi connectivity index (χ1v) is 11.8. The molecule has 0 unspecified atom stereocenters. The maximum Gasteiger partial charge on any atom is 0.240 e. The molecule has 0 bridgehead atoms. The first-order chi connectivity index (χ1) is 14.4. The summed E-state index contributed by atoms with van der Waals surface area (Å²) in [4.78, 5) is 0.134. The molecule has 0 fully saturated rings. The van der Waals surface area contributed by atoms with Crippen LogP contribution in [-0.4, -0.2) is 30.3 Å². The number of ether oxygens (including phenoxy) is 1. The van der Waals surface area contributed by atoms with E-state index in [0.717, 1.165) is 11.3 Å².